The van der Waals surface area contributed by atoms with Crippen molar-refractivity contribution in [3.8, 4) is 5.75 Å². The molecule has 1 aliphatic heterocycles. The molecule has 0 saturated heterocycles. The summed E-state index contributed by atoms with van der Waals surface area (Å²) in [7, 11) is 0. The first-order valence-corrected chi connectivity index (χ1v) is 4.78. The van der Waals surface area contributed by atoms with E-state index in [4.69, 9.17) is 4.74 Å². The van der Waals surface area contributed by atoms with Gasteiger partial charge in [-0.3, -0.25) is 4.79 Å². The minimum Gasteiger partial charge on any atom is -0.485 e. The van der Waals surface area contributed by atoms with Crippen molar-refractivity contribution in [2.24, 2.45) is 0 Å². The molecule has 0 bridgehead atoms. The SMILES string of the molecule is O=C1COc2ccc(CBr)cc21. The van der Waals surface area contributed by atoms with Crippen LogP contribution in [-0.4, -0.2) is 12.4 Å². The molecule has 0 fully saturated rings. The topological polar surface area (TPSA) is 26.3 Å². The number of ether oxygens (including phenoxy) is 1. The zero-order chi connectivity index (χ0) is 8.55. The third kappa shape index (κ3) is 1.14. The summed E-state index contributed by atoms with van der Waals surface area (Å²) in [5.74, 6) is 0.789. The number of fused-ring (bicyclic) bond motifs is 1. The standard InChI is InChI=1S/C9H7BrO2/c10-4-6-1-2-9-7(3-6)8(11)5-12-9/h1-3H,4-5H2. The van der Waals surface area contributed by atoms with Crippen molar-refractivity contribution in [1.82, 2.24) is 0 Å². The van der Waals surface area contributed by atoms with Gasteiger partial charge in [-0.15, -0.1) is 0 Å². The van der Waals surface area contributed by atoms with Crippen LogP contribution in [0.5, 0.6) is 5.75 Å². The summed E-state index contributed by atoms with van der Waals surface area (Å²) in [6.45, 7) is 0.196. The summed E-state index contributed by atoms with van der Waals surface area (Å²) in [6, 6.07) is 5.67. The van der Waals surface area contributed by atoms with Crippen LogP contribution in [0.3, 0.4) is 0 Å². The van der Waals surface area contributed by atoms with Crippen molar-refractivity contribution in [2.75, 3.05) is 6.61 Å². The van der Waals surface area contributed by atoms with Gasteiger partial charge in [0.2, 0.25) is 5.78 Å². The number of halogens is 1. The molecule has 0 spiro atoms. The van der Waals surface area contributed by atoms with Gasteiger partial charge in [-0.05, 0) is 17.7 Å². The number of hydrogen-bond acceptors (Lipinski definition) is 2. The van der Waals surface area contributed by atoms with Crippen LogP contribution >= 0.6 is 15.9 Å². The van der Waals surface area contributed by atoms with Crippen LogP contribution in [0.1, 0.15) is 15.9 Å². The second-order valence-corrected chi connectivity index (χ2v) is 3.24. The Labute approximate surface area is 78.7 Å². The molecular formula is C9H7BrO2. The molecule has 0 atom stereocenters. The van der Waals surface area contributed by atoms with Crippen LogP contribution < -0.4 is 4.74 Å². The molecule has 3 heteroatoms. The Hall–Kier alpha value is -0.830. The molecule has 1 aliphatic rings. The lowest BCUT2D eigenvalue weighted by Gasteiger charge is -1.98. The summed E-state index contributed by atoms with van der Waals surface area (Å²) < 4.78 is 5.15. The fourth-order valence-electron chi connectivity index (χ4n) is 1.23. The van der Waals surface area contributed by atoms with Crippen molar-refractivity contribution >= 4 is 21.7 Å². The number of rotatable bonds is 1. The largest absolute Gasteiger partial charge is 0.485 e. The van der Waals surface area contributed by atoms with Gasteiger partial charge in [0.05, 0.1) is 5.56 Å². The lowest BCUT2D eigenvalue weighted by molar-refractivity contribution is 0.0961. The van der Waals surface area contributed by atoms with E-state index in [-0.39, 0.29) is 12.4 Å². The Bertz CT molecular complexity index is 333. The molecule has 2 nitrogen and oxygen atoms in total. The fourth-order valence-corrected chi connectivity index (χ4v) is 1.57. The number of hydrogen-bond donors (Lipinski definition) is 0. The molecule has 12 heavy (non-hydrogen) atoms. The number of alkyl halides is 1. The van der Waals surface area contributed by atoms with Gasteiger partial charge in [-0.25, -0.2) is 0 Å². The Balaban J connectivity index is 2.50. The molecule has 0 aliphatic carbocycles. The van der Waals surface area contributed by atoms with Crippen molar-refractivity contribution in [2.45, 2.75) is 5.33 Å². The van der Waals surface area contributed by atoms with Gasteiger partial charge < -0.3 is 4.74 Å². The van der Waals surface area contributed by atoms with Gasteiger partial charge in [0.15, 0.2) is 6.61 Å². The smallest absolute Gasteiger partial charge is 0.203 e. The monoisotopic (exact) mass is 226 g/mol. The zero-order valence-electron chi connectivity index (χ0n) is 6.34. The van der Waals surface area contributed by atoms with E-state index in [1.165, 1.54) is 0 Å². The normalized spacial score (nSPS) is 14.2. The number of carbonyl (C=O) groups excluding carboxylic acids is 1. The zero-order valence-corrected chi connectivity index (χ0v) is 7.93. The van der Waals surface area contributed by atoms with Crippen LogP contribution in [0.4, 0.5) is 0 Å². The third-order valence-corrected chi connectivity index (χ3v) is 2.50. The third-order valence-electron chi connectivity index (χ3n) is 1.86. The lowest BCUT2D eigenvalue weighted by atomic mass is 10.1. The Morgan fingerprint density at radius 1 is 1.50 bits per heavy atom. The molecule has 62 valence electrons. The summed E-state index contributed by atoms with van der Waals surface area (Å²) in [4.78, 5) is 11.2. The molecule has 1 aromatic carbocycles. The molecule has 0 N–H and O–H groups in total. The van der Waals surface area contributed by atoms with Crippen LogP contribution in [0.15, 0.2) is 18.2 Å². The van der Waals surface area contributed by atoms with E-state index >= 15 is 0 Å². The van der Waals surface area contributed by atoms with Crippen LogP contribution in [0.25, 0.3) is 0 Å². The maximum atomic E-state index is 11.2. The predicted molar refractivity (Wildman–Crippen MR) is 48.9 cm³/mol. The predicted octanol–water partition coefficient (Wildman–Crippen LogP) is 2.16. The Morgan fingerprint density at radius 3 is 3.08 bits per heavy atom. The minimum absolute atomic E-state index is 0.0767. The lowest BCUT2D eigenvalue weighted by Crippen LogP contribution is -1.98. The van der Waals surface area contributed by atoms with E-state index in [0.29, 0.717) is 11.3 Å². The Morgan fingerprint density at radius 2 is 2.33 bits per heavy atom. The van der Waals surface area contributed by atoms with Gasteiger partial charge in [-0.1, -0.05) is 22.0 Å². The van der Waals surface area contributed by atoms with E-state index in [9.17, 15) is 4.79 Å². The minimum atomic E-state index is 0.0767. The highest BCUT2D eigenvalue weighted by Crippen LogP contribution is 2.26. The van der Waals surface area contributed by atoms with Crippen molar-refractivity contribution in [3.05, 3.63) is 29.3 Å². The molecule has 0 unspecified atom stereocenters. The second-order valence-electron chi connectivity index (χ2n) is 2.68. The molecule has 2 rings (SSSR count). The highest BCUT2D eigenvalue weighted by molar-refractivity contribution is 9.08. The van der Waals surface area contributed by atoms with Crippen LogP contribution in [0.2, 0.25) is 0 Å². The van der Waals surface area contributed by atoms with Crippen molar-refractivity contribution in [3.63, 3.8) is 0 Å². The highest BCUT2D eigenvalue weighted by Gasteiger charge is 2.20. The fraction of sp³-hybridized carbons (Fsp3) is 0.222. The number of ketones is 1. The maximum absolute atomic E-state index is 11.2. The first-order chi connectivity index (χ1) is 5.81. The summed E-state index contributed by atoms with van der Waals surface area (Å²) in [5.41, 5.74) is 1.82. The molecule has 0 radical (unpaired) electrons. The van der Waals surface area contributed by atoms with E-state index in [1.54, 1.807) is 0 Å². The van der Waals surface area contributed by atoms with E-state index < -0.39 is 0 Å². The average Bonchev–Trinajstić information content (AvgIpc) is 2.47. The summed E-state index contributed by atoms with van der Waals surface area (Å²) in [5, 5.41) is 0.771. The first-order valence-electron chi connectivity index (χ1n) is 3.66. The second kappa shape index (κ2) is 2.90. The first kappa shape index (κ1) is 7.80. The van der Waals surface area contributed by atoms with Gasteiger partial charge in [-0.2, -0.15) is 0 Å². The van der Waals surface area contributed by atoms with Gasteiger partial charge in [0.25, 0.3) is 0 Å². The number of benzene rings is 1. The molecule has 1 aromatic rings. The Kier molecular flexibility index (Phi) is 1.89. The van der Waals surface area contributed by atoms with E-state index in [1.807, 2.05) is 18.2 Å². The van der Waals surface area contributed by atoms with E-state index in [0.717, 1.165) is 10.9 Å². The van der Waals surface area contributed by atoms with Gasteiger partial charge >= 0.3 is 0 Å². The van der Waals surface area contributed by atoms with Crippen molar-refractivity contribution in [1.29, 1.82) is 0 Å². The molecule has 0 aromatic heterocycles. The highest BCUT2D eigenvalue weighted by atomic mass is 79.9. The average molecular weight is 227 g/mol. The summed E-state index contributed by atoms with van der Waals surface area (Å²) >= 11 is 3.33. The van der Waals surface area contributed by atoms with Gasteiger partial charge in [0, 0.05) is 5.33 Å². The molecule has 0 amide bonds. The summed E-state index contributed by atoms with van der Waals surface area (Å²) in [6.07, 6.45) is 0. The number of carbonyl (C=O) groups is 1. The van der Waals surface area contributed by atoms with Crippen molar-refractivity contribution < 1.29 is 9.53 Å². The van der Waals surface area contributed by atoms with Crippen LogP contribution in [-0.2, 0) is 5.33 Å². The molecule has 1 heterocycles. The maximum Gasteiger partial charge on any atom is 0.203 e. The number of Topliss-reactive ketones (excluding diaryl/α,β-unsaturated/α-hetero) is 1. The quantitative estimate of drug-likeness (QED) is 0.687. The molecule has 0 saturated carbocycles. The molecular weight excluding hydrogens is 220 g/mol. The van der Waals surface area contributed by atoms with Gasteiger partial charge in [0.1, 0.15) is 5.75 Å². The van der Waals surface area contributed by atoms with E-state index in [2.05, 4.69) is 15.9 Å². The van der Waals surface area contributed by atoms with Crippen LogP contribution in [0, 0.1) is 0 Å².